The number of hydrogen-bond donors (Lipinski definition) is 1. The summed E-state index contributed by atoms with van der Waals surface area (Å²) in [6, 6.07) is 9.15. The zero-order valence-corrected chi connectivity index (χ0v) is 21.4. The average molecular weight is 551 g/mol. The summed E-state index contributed by atoms with van der Waals surface area (Å²) < 4.78 is 72.2. The quantitative estimate of drug-likeness (QED) is 0.400. The predicted octanol–water partition coefficient (Wildman–Crippen LogP) is 4.58. The number of halogens is 3. The van der Waals surface area contributed by atoms with Crippen molar-refractivity contribution in [3.05, 3.63) is 78.0 Å². The molecule has 1 saturated carbocycles. The number of methoxy groups -OCH3 is 1. The van der Waals surface area contributed by atoms with Crippen LogP contribution in [0.2, 0.25) is 0 Å². The van der Waals surface area contributed by atoms with E-state index in [1.54, 1.807) is 0 Å². The van der Waals surface area contributed by atoms with E-state index in [0.717, 1.165) is 36.4 Å². The molecule has 1 N–H and O–H groups in total. The number of carboxylic acid groups (broad SMARTS) is 1. The molecule has 2 aromatic rings. The van der Waals surface area contributed by atoms with Crippen LogP contribution in [0, 0.1) is 12.2 Å². The highest BCUT2D eigenvalue weighted by Crippen LogP contribution is 2.45. The number of carbonyl (C=O) groups excluding carboxylic acids is 1. The molecule has 1 heterocycles. The minimum Gasteiger partial charge on any atom is -0.477 e. The smallest absolute Gasteiger partial charge is 0.341 e. The van der Waals surface area contributed by atoms with Crippen LogP contribution in [-0.4, -0.2) is 56.1 Å². The van der Waals surface area contributed by atoms with Gasteiger partial charge in [0.05, 0.1) is 4.90 Å². The maximum Gasteiger partial charge on any atom is 0.341 e. The second-order valence-electron chi connectivity index (χ2n) is 9.51. The third-order valence-corrected chi connectivity index (χ3v) is 10.0. The van der Waals surface area contributed by atoms with Crippen LogP contribution in [-0.2, 0) is 28.9 Å². The second-order valence-corrected chi connectivity index (χ2v) is 11.8. The number of carboxylic acids is 1. The molecule has 2 fully saturated rings. The molecule has 0 aromatic heterocycles. The second kappa shape index (κ2) is 10.5. The number of aliphatic carboxylic acids is 1. The Morgan fingerprint density at radius 1 is 0.974 bits per heavy atom. The Balaban J connectivity index is 1.79. The summed E-state index contributed by atoms with van der Waals surface area (Å²) in [4.78, 5) is 26.3. The van der Waals surface area contributed by atoms with Crippen LogP contribution in [0.4, 0.5) is 13.2 Å². The number of ether oxygens (including phenoxy) is 1. The highest BCUT2D eigenvalue weighted by Gasteiger charge is 2.54. The molecule has 11 heteroatoms. The monoisotopic (exact) mass is 550 g/mol. The Kier molecular flexibility index (Phi) is 7.72. The number of carbonyl (C=O) groups is 2. The average Bonchev–Trinajstić information content (AvgIpc) is 3.36. The number of likely N-dealkylation sites (tertiary alicyclic amines) is 1. The van der Waals surface area contributed by atoms with Crippen molar-refractivity contribution >= 4 is 27.3 Å². The Morgan fingerprint density at radius 2 is 1.58 bits per heavy atom. The van der Waals surface area contributed by atoms with Gasteiger partial charge < -0.3 is 14.7 Å². The molecule has 4 rings (SSSR count). The van der Waals surface area contributed by atoms with Crippen molar-refractivity contribution in [2.75, 3.05) is 20.2 Å². The summed E-state index contributed by atoms with van der Waals surface area (Å²) >= 11 is 0. The molecule has 1 aliphatic heterocycles. The first-order chi connectivity index (χ1) is 18.0. The standard InChI is InChI=1S/C27H27F3NO6S/c1-37-26(13-3-2-4-14-26)25(34)31-16-15-27(17-31,38(35,36)21-11-9-20(28)10-12-21)19-7-5-18(6-8-19)22(23(29)30)24(32)33/h2,5-12H,3-4,13-17H2,1H3,(H,32,33). The highest BCUT2D eigenvalue weighted by atomic mass is 32.2. The summed E-state index contributed by atoms with van der Waals surface area (Å²) in [5, 5.41) is 9.17. The van der Waals surface area contributed by atoms with E-state index in [0.29, 0.717) is 25.7 Å². The van der Waals surface area contributed by atoms with Crippen molar-refractivity contribution in [2.24, 2.45) is 0 Å². The Labute approximate surface area is 218 Å². The molecule has 0 bridgehead atoms. The number of rotatable bonds is 7. The van der Waals surface area contributed by atoms with E-state index in [1.165, 1.54) is 24.1 Å². The summed E-state index contributed by atoms with van der Waals surface area (Å²) in [5.74, 6) is -2.77. The van der Waals surface area contributed by atoms with Crippen LogP contribution >= 0.6 is 0 Å². The number of benzene rings is 2. The summed E-state index contributed by atoms with van der Waals surface area (Å²) in [5.41, 5.74) is -2.35. The molecular formula is C27H27F3NO6S. The fourth-order valence-corrected chi connectivity index (χ4v) is 7.47. The molecule has 38 heavy (non-hydrogen) atoms. The largest absolute Gasteiger partial charge is 0.477 e. The van der Waals surface area contributed by atoms with Crippen molar-refractivity contribution in [2.45, 2.75) is 47.3 Å². The van der Waals surface area contributed by atoms with Gasteiger partial charge in [-0.3, -0.25) is 4.79 Å². The molecule has 1 atom stereocenters. The lowest BCUT2D eigenvalue weighted by molar-refractivity contribution is -0.157. The topological polar surface area (TPSA) is 101 Å². The normalized spacial score (nSPS) is 21.2. The molecule has 1 radical (unpaired) electrons. The zero-order valence-electron chi connectivity index (χ0n) is 20.6. The number of amides is 1. The maximum atomic E-state index is 14.1. The van der Waals surface area contributed by atoms with Gasteiger partial charge in [0.25, 0.3) is 12.0 Å². The van der Waals surface area contributed by atoms with Crippen LogP contribution in [0.15, 0.2) is 59.5 Å². The van der Waals surface area contributed by atoms with E-state index < -0.39 is 43.6 Å². The zero-order chi connectivity index (χ0) is 27.7. The van der Waals surface area contributed by atoms with Gasteiger partial charge in [-0.2, -0.15) is 8.78 Å². The first kappa shape index (κ1) is 27.8. The number of nitrogens with zero attached hydrogens (tertiary/aromatic N) is 1. The molecule has 0 spiro atoms. The Hall–Kier alpha value is -3.18. The van der Waals surface area contributed by atoms with Gasteiger partial charge in [-0.15, -0.1) is 0 Å². The molecule has 1 aliphatic carbocycles. The number of sulfone groups is 1. The lowest BCUT2D eigenvalue weighted by atomic mass is 9.83. The number of hydrogen-bond acceptors (Lipinski definition) is 5. The van der Waals surface area contributed by atoms with E-state index in [9.17, 15) is 36.3 Å². The Morgan fingerprint density at radius 3 is 2.11 bits per heavy atom. The van der Waals surface area contributed by atoms with Gasteiger partial charge in [-0.05, 0) is 73.9 Å². The van der Waals surface area contributed by atoms with Crippen LogP contribution in [0.3, 0.4) is 0 Å². The molecule has 2 aromatic carbocycles. The van der Waals surface area contributed by atoms with Crippen molar-refractivity contribution in [3.8, 4) is 0 Å². The molecule has 1 saturated heterocycles. The fourth-order valence-electron chi connectivity index (χ4n) is 5.39. The lowest BCUT2D eigenvalue weighted by Crippen LogP contribution is -2.52. The third-order valence-electron chi connectivity index (χ3n) is 7.55. The first-order valence-electron chi connectivity index (χ1n) is 12.0. The fraction of sp³-hybridized carbons (Fsp3) is 0.370. The first-order valence-corrected chi connectivity index (χ1v) is 13.5. The van der Waals surface area contributed by atoms with Gasteiger partial charge in [-0.1, -0.05) is 24.3 Å². The van der Waals surface area contributed by atoms with E-state index in [1.807, 2.05) is 0 Å². The van der Waals surface area contributed by atoms with Gasteiger partial charge in [0.2, 0.25) is 0 Å². The summed E-state index contributed by atoms with van der Waals surface area (Å²) in [6.45, 7) is -0.145. The van der Waals surface area contributed by atoms with Crippen LogP contribution in [0.1, 0.15) is 43.2 Å². The molecule has 7 nitrogen and oxygen atoms in total. The van der Waals surface area contributed by atoms with Crippen LogP contribution < -0.4 is 0 Å². The molecule has 203 valence electrons. The van der Waals surface area contributed by atoms with Gasteiger partial charge in [-0.25, -0.2) is 17.6 Å². The van der Waals surface area contributed by atoms with Crippen molar-refractivity contribution in [1.29, 1.82) is 0 Å². The summed E-state index contributed by atoms with van der Waals surface area (Å²) in [6.07, 6.45) is 1.96. The van der Waals surface area contributed by atoms with Crippen molar-refractivity contribution in [3.63, 3.8) is 0 Å². The van der Waals surface area contributed by atoms with E-state index in [4.69, 9.17) is 4.74 Å². The minimum atomic E-state index is -4.24. The van der Waals surface area contributed by atoms with Crippen molar-refractivity contribution in [1.82, 2.24) is 4.90 Å². The molecule has 1 unspecified atom stereocenters. The van der Waals surface area contributed by atoms with Gasteiger partial charge in [0.1, 0.15) is 21.7 Å². The van der Waals surface area contributed by atoms with E-state index in [-0.39, 0.29) is 41.4 Å². The SMILES string of the molecule is COC1(C(=O)N2CCC(c3ccc(C(C(=O)O)=C(F)F)cc3)(S(=O)(=O)c3ccc(F)cc3)C2)CC[CH]CC1. The summed E-state index contributed by atoms with van der Waals surface area (Å²) in [7, 11) is -2.79. The van der Waals surface area contributed by atoms with Gasteiger partial charge >= 0.3 is 5.97 Å². The molecule has 1 amide bonds. The van der Waals surface area contributed by atoms with E-state index >= 15 is 0 Å². The van der Waals surface area contributed by atoms with Gasteiger partial charge in [0.15, 0.2) is 9.84 Å². The Bertz CT molecular complexity index is 1350. The third kappa shape index (κ3) is 4.73. The van der Waals surface area contributed by atoms with E-state index in [2.05, 4.69) is 6.42 Å². The highest BCUT2D eigenvalue weighted by molar-refractivity contribution is 7.92. The maximum absolute atomic E-state index is 14.1. The molecular weight excluding hydrogens is 523 g/mol. The minimum absolute atomic E-state index is 0.0111. The van der Waals surface area contributed by atoms with Crippen LogP contribution in [0.25, 0.3) is 5.57 Å². The predicted molar refractivity (Wildman–Crippen MR) is 132 cm³/mol. The van der Waals surface area contributed by atoms with Crippen molar-refractivity contribution < 1.29 is 41.0 Å². The van der Waals surface area contributed by atoms with Crippen LogP contribution in [0.5, 0.6) is 0 Å². The lowest BCUT2D eigenvalue weighted by Gasteiger charge is -2.38. The molecule has 2 aliphatic rings. The van der Waals surface area contributed by atoms with Gasteiger partial charge in [0, 0.05) is 20.2 Å².